The Morgan fingerprint density at radius 3 is 2.45 bits per heavy atom. The average molecular weight is 365 g/mol. The van der Waals surface area contributed by atoms with Crippen molar-refractivity contribution in [1.82, 2.24) is 10.2 Å². The molecule has 0 spiro atoms. The molecular weight excluding hydrogens is 351 g/mol. The van der Waals surface area contributed by atoms with E-state index in [1.807, 2.05) is 0 Å². The summed E-state index contributed by atoms with van der Waals surface area (Å²) in [6, 6.07) is 3.94. The molecule has 0 aromatic heterocycles. The fraction of sp³-hybridized carbons (Fsp3) is 0.385. The number of halogens is 2. The molecule has 0 radical (unpaired) electrons. The molecule has 1 N–H and O–H groups in total. The summed E-state index contributed by atoms with van der Waals surface area (Å²) in [5, 5.41) is 3.21. The Morgan fingerprint density at radius 2 is 1.91 bits per heavy atom. The van der Waals surface area contributed by atoms with Crippen LogP contribution in [-0.4, -0.2) is 43.8 Å². The van der Waals surface area contributed by atoms with E-state index < -0.39 is 27.3 Å². The minimum atomic E-state index is -3.29. The third-order valence-electron chi connectivity index (χ3n) is 3.43. The summed E-state index contributed by atoms with van der Waals surface area (Å²) in [4.78, 5) is 25.4. The van der Waals surface area contributed by atoms with Gasteiger partial charge in [0.25, 0.3) is 5.91 Å². The van der Waals surface area contributed by atoms with E-state index in [2.05, 4.69) is 5.32 Å². The molecule has 0 aliphatic carbocycles. The summed E-state index contributed by atoms with van der Waals surface area (Å²) in [6.07, 6.45) is 1.04. The Labute approximate surface area is 138 Å². The first-order valence-corrected chi connectivity index (χ1v) is 9.13. The van der Waals surface area contributed by atoms with Crippen LogP contribution in [0.1, 0.15) is 12.5 Å². The maximum absolute atomic E-state index is 12.5. The molecule has 6 nitrogen and oxygen atoms in total. The summed E-state index contributed by atoms with van der Waals surface area (Å²) >= 11 is 11.9. The van der Waals surface area contributed by atoms with E-state index in [0.29, 0.717) is 10.6 Å². The molecule has 3 amide bonds. The Balaban J connectivity index is 2.33. The molecule has 0 bridgehead atoms. The predicted molar refractivity (Wildman–Crippen MR) is 83.8 cm³/mol. The van der Waals surface area contributed by atoms with Crippen molar-refractivity contribution in [2.45, 2.75) is 12.5 Å². The zero-order chi connectivity index (χ0) is 16.7. The van der Waals surface area contributed by atoms with Gasteiger partial charge >= 0.3 is 6.03 Å². The average Bonchev–Trinajstić information content (AvgIpc) is 2.57. The van der Waals surface area contributed by atoms with E-state index in [1.54, 1.807) is 12.1 Å². The summed E-state index contributed by atoms with van der Waals surface area (Å²) in [6.45, 7) is 1.31. The third-order valence-corrected chi connectivity index (χ3v) is 4.90. The highest BCUT2D eigenvalue weighted by atomic mass is 35.5. The number of rotatable bonds is 4. The predicted octanol–water partition coefficient (Wildman–Crippen LogP) is 1.80. The number of nitrogens with one attached hydrogen (secondary N) is 1. The molecule has 1 heterocycles. The standard InChI is InChI=1S/C13H14Cl2N2O4S/c1-13(9-4-3-8(14)7-10(9)15)11(18)17(12(19)16-13)5-6-22(2,20)21/h3-4,7H,5-6H2,1-2H3,(H,16,19)/t13-/m0/s1. The number of nitrogens with zero attached hydrogens (tertiary/aromatic N) is 1. The van der Waals surface area contributed by atoms with Gasteiger partial charge in [0.05, 0.1) is 5.75 Å². The molecule has 1 aromatic rings. The molecule has 1 saturated heterocycles. The van der Waals surface area contributed by atoms with Crippen LogP contribution < -0.4 is 5.32 Å². The molecule has 1 aliphatic heterocycles. The van der Waals surface area contributed by atoms with E-state index in [1.165, 1.54) is 13.0 Å². The number of urea groups is 1. The number of carbonyl (C=O) groups is 2. The van der Waals surface area contributed by atoms with Crippen LogP contribution in [-0.2, 0) is 20.2 Å². The van der Waals surface area contributed by atoms with Gasteiger partial charge in [-0.15, -0.1) is 0 Å². The van der Waals surface area contributed by atoms with Crippen molar-refractivity contribution >= 4 is 45.0 Å². The lowest BCUT2D eigenvalue weighted by Gasteiger charge is -2.23. The molecule has 1 atom stereocenters. The molecule has 1 aliphatic rings. The van der Waals surface area contributed by atoms with Gasteiger partial charge in [-0.2, -0.15) is 0 Å². The Hall–Kier alpha value is -1.31. The molecule has 2 rings (SSSR count). The minimum Gasteiger partial charge on any atom is -0.319 e. The van der Waals surface area contributed by atoms with Crippen molar-refractivity contribution in [3.8, 4) is 0 Å². The minimum absolute atomic E-state index is 0.204. The summed E-state index contributed by atoms with van der Waals surface area (Å²) < 4.78 is 22.4. The lowest BCUT2D eigenvalue weighted by atomic mass is 9.92. The smallest absolute Gasteiger partial charge is 0.319 e. The molecule has 0 unspecified atom stereocenters. The van der Waals surface area contributed by atoms with Crippen LogP contribution in [0.2, 0.25) is 10.0 Å². The van der Waals surface area contributed by atoms with Crippen LogP contribution in [0.4, 0.5) is 4.79 Å². The maximum atomic E-state index is 12.5. The van der Waals surface area contributed by atoms with E-state index >= 15 is 0 Å². The second-order valence-corrected chi connectivity index (χ2v) is 8.37. The maximum Gasteiger partial charge on any atom is 0.325 e. The number of sulfone groups is 1. The van der Waals surface area contributed by atoms with Gasteiger partial charge < -0.3 is 5.32 Å². The van der Waals surface area contributed by atoms with Crippen molar-refractivity contribution in [3.63, 3.8) is 0 Å². The van der Waals surface area contributed by atoms with Crippen molar-refractivity contribution in [3.05, 3.63) is 33.8 Å². The van der Waals surface area contributed by atoms with Gasteiger partial charge in [-0.05, 0) is 19.1 Å². The fourth-order valence-electron chi connectivity index (χ4n) is 2.23. The van der Waals surface area contributed by atoms with Crippen LogP contribution in [0.15, 0.2) is 18.2 Å². The van der Waals surface area contributed by atoms with Crippen LogP contribution in [0.25, 0.3) is 0 Å². The zero-order valence-corrected chi connectivity index (χ0v) is 14.2. The first kappa shape index (κ1) is 17.1. The molecule has 120 valence electrons. The summed E-state index contributed by atoms with van der Waals surface area (Å²) in [7, 11) is -3.29. The molecule has 1 fully saturated rings. The highest BCUT2D eigenvalue weighted by molar-refractivity contribution is 7.90. The molecule has 22 heavy (non-hydrogen) atoms. The lowest BCUT2D eigenvalue weighted by Crippen LogP contribution is -2.41. The highest BCUT2D eigenvalue weighted by Gasteiger charge is 2.49. The lowest BCUT2D eigenvalue weighted by molar-refractivity contribution is -0.130. The molecule has 1 aromatic carbocycles. The topological polar surface area (TPSA) is 83.6 Å². The molecule has 0 saturated carbocycles. The van der Waals surface area contributed by atoms with Gasteiger partial charge in [-0.25, -0.2) is 13.2 Å². The number of imide groups is 1. The second kappa shape index (κ2) is 5.72. The third kappa shape index (κ3) is 3.21. The van der Waals surface area contributed by atoms with Gasteiger partial charge in [0, 0.05) is 28.4 Å². The molecular formula is C13H14Cl2N2O4S. The molecule has 9 heteroatoms. The Bertz CT molecular complexity index is 750. The monoisotopic (exact) mass is 364 g/mol. The zero-order valence-electron chi connectivity index (χ0n) is 11.9. The van der Waals surface area contributed by atoms with Crippen molar-refractivity contribution < 1.29 is 18.0 Å². The van der Waals surface area contributed by atoms with Gasteiger partial charge in [0.2, 0.25) is 0 Å². The largest absolute Gasteiger partial charge is 0.325 e. The van der Waals surface area contributed by atoms with Crippen LogP contribution >= 0.6 is 23.2 Å². The fourth-order valence-corrected chi connectivity index (χ4v) is 3.35. The van der Waals surface area contributed by atoms with Crippen molar-refractivity contribution in [2.75, 3.05) is 18.6 Å². The summed E-state index contributed by atoms with van der Waals surface area (Å²) in [5.74, 6) is -0.846. The number of hydrogen-bond donors (Lipinski definition) is 1. The van der Waals surface area contributed by atoms with Crippen LogP contribution in [0.3, 0.4) is 0 Å². The Kier molecular flexibility index (Phi) is 4.43. The summed E-state index contributed by atoms with van der Waals surface area (Å²) in [5.41, 5.74) is -0.949. The van der Waals surface area contributed by atoms with Crippen LogP contribution in [0, 0.1) is 0 Å². The van der Waals surface area contributed by atoms with E-state index in [-0.39, 0.29) is 17.3 Å². The number of hydrogen-bond acceptors (Lipinski definition) is 4. The number of amides is 3. The van der Waals surface area contributed by atoms with E-state index in [4.69, 9.17) is 23.2 Å². The number of benzene rings is 1. The van der Waals surface area contributed by atoms with Gasteiger partial charge in [-0.1, -0.05) is 29.3 Å². The number of carbonyl (C=O) groups excluding carboxylic acids is 2. The van der Waals surface area contributed by atoms with Crippen molar-refractivity contribution in [2.24, 2.45) is 0 Å². The quantitative estimate of drug-likeness (QED) is 0.825. The van der Waals surface area contributed by atoms with Crippen molar-refractivity contribution in [1.29, 1.82) is 0 Å². The van der Waals surface area contributed by atoms with E-state index in [9.17, 15) is 18.0 Å². The first-order chi connectivity index (χ1) is 10.0. The highest BCUT2D eigenvalue weighted by Crippen LogP contribution is 2.34. The van der Waals surface area contributed by atoms with Gasteiger partial charge in [-0.3, -0.25) is 9.69 Å². The van der Waals surface area contributed by atoms with E-state index in [0.717, 1.165) is 11.2 Å². The van der Waals surface area contributed by atoms with Gasteiger partial charge in [0.15, 0.2) is 0 Å². The normalized spacial score (nSPS) is 22.1. The first-order valence-electron chi connectivity index (χ1n) is 6.32. The van der Waals surface area contributed by atoms with Crippen LogP contribution in [0.5, 0.6) is 0 Å². The van der Waals surface area contributed by atoms with Gasteiger partial charge in [0.1, 0.15) is 15.4 Å². The Morgan fingerprint density at radius 1 is 1.27 bits per heavy atom. The SMILES string of the molecule is C[C@@]1(c2ccc(Cl)cc2Cl)NC(=O)N(CCS(C)(=O)=O)C1=O. The second-order valence-electron chi connectivity index (χ2n) is 5.27.